The van der Waals surface area contributed by atoms with Gasteiger partial charge < -0.3 is 25.8 Å². The van der Waals surface area contributed by atoms with Crippen molar-refractivity contribution in [1.82, 2.24) is 10.6 Å². The molecular weight excluding hydrogens is 513 g/mol. The number of Topliss-reactive ketones (excluding diaryl/α,β-unsaturated/α-hetero) is 1. The van der Waals surface area contributed by atoms with Gasteiger partial charge in [0.25, 0.3) is 0 Å². The minimum Gasteiger partial charge on any atom is -0.481 e. The average Bonchev–Trinajstić information content (AvgIpc) is 2.84. The lowest BCUT2D eigenvalue weighted by atomic mass is 10.1. The third-order valence-electron chi connectivity index (χ3n) is 4.52. The van der Waals surface area contributed by atoms with E-state index in [2.05, 4.69) is 15.4 Å². The molecule has 0 saturated heterocycles. The number of carbonyl (C=O) groups is 5. The number of ketones is 1. The van der Waals surface area contributed by atoms with Crippen LogP contribution in [0, 0.1) is 29.1 Å². The van der Waals surface area contributed by atoms with Crippen LogP contribution in [0.2, 0.25) is 0 Å². The molecule has 1 atom stereocenters. The van der Waals surface area contributed by atoms with Gasteiger partial charge in [0.2, 0.25) is 17.5 Å². The molecule has 2 rings (SSSR count). The van der Waals surface area contributed by atoms with Crippen LogP contribution in [-0.2, 0) is 24.0 Å². The van der Waals surface area contributed by atoms with Crippen molar-refractivity contribution in [1.29, 1.82) is 0 Å². The predicted octanol–water partition coefficient (Wildman–Crippen LogP) is 1.43. The van der Waals surface area contributed by atoms with Crippen molar-refractivity contribution < 1.29 is 55.8 Å². The second kappa shape index (κ2) is 12.9. The molecule has 10 nitrogen and oxygen atoms in total. The second-order valence-electron chi connectivity index (χ2n) is 7.25. The van der Waals surface area contributed by atoms with Gasteiger partial charge in [0.15, 0.2) is 23.2 Å². The lowest BCUT2D eigenvalue weighted by Gasteiger charge is -2.18. The van der Waals surface area contributed by atoms with Crippen molar-refractivity contribution in [2.24, 2.45) is 0 Å². The van der Waals surface area contributed by atoms with Crippen molar-refractivity contribution in [3.63, 3.8) is 0 Å². The molecule has 0 aliphatic rings. The van der Waals surface area contributed by atoms with Crippen LogP contribution >= 0.6 is 0 Å². The largest absolute Gasteiger partial charge is 0.481 e. The number of ether oxygens (including phenoxy) is 1. The maximum Gasteiger partial charge on any atom is 0.313 e. The summed E-state index contributed by atoms with van der Waals surface area (Å²) in [6.07, 6.45) is -1.18. The number of amides is 3. The van der Waals surface area contributed by atoms with Gasteiger partial charge in [-0.3, -0.25) is 24.0 Å². The van der Waals surface area contributed by atoms with E-state index in [4.69, 9.17) is 5.11 Å². The van der Waals surface area contributed by atoms with Crippen LogP contribution in [0.25, 0.3) is 0 Å². The summed E-state index contributed by atoms with van der Waals surface area (Å²) >= 11 is 0. The van der Waals surface area contributed by atoms with Crippen LogP contribution in [0.5, 0.6) is 5.75 Å². The molecule has 0 spiro atoms. The van der Waals surface area contributed by atoms with Crippen molar-refractivity contribution in [2.45, 2.75) is 18.9 Å². The Morgan fingerprint density at radius 1 is 0.892 bits per heavy atom. The predicted molar refractivity (Wildman–Crippen MR) is 114 cm³/mol. The van der Waals surface area contributed by atoms with Crippen LogP contribution in [0.1, 0.15) is 12.8 Å². The van der Waals surface area contributed by atoms with Crippen molar-refractivity contribution in [3.05, 3.63) is 59.4 Å². The molecule has 198 valence electrons. The standard InChI is InChI=1S/C22H18F5N3O7/c23-10-1-3-11(4-2-10)29-22(36)21(35)28-8-16(32)30-14(5-6-17(33)34)15(31)9-37-20-18(26)12(24)7-13(25)19(20)27/h1-4,7,14H,5-6,8-9H2,(H,28,35)(H,29,36)(H,30,32)(H,33,34). The van der Waals surface area contributed by atoms with E-state index in [9.17, 15) is 45.9 Å². The summed E-state index contributed by atoms with van der Waals surface area (Å²) in [4.78, 5) is 59.1. The molecule has 0 saturated carbocycles. The lowest BCUT2D eigenvalue weighted by molar-refractivity contribution is -0.138. The zero-order valence-corrected chi connectivity index (χ0v) is 18.6. The molecule has 0 radical (unpaired) electrons. The Balaban J connectivity index is 1.96. The molecule has 0 bridgehead atoms. The molecule has 15 heteroatoms. The third kappa shape index (κ3) is 8.55. The molecule has 0 aliphatic carbocycles. The van der Waals surface area contributed by atoms with Gasteiger partial charge in [0.05, 0.1) is 12.6 Å². The average molecular weight is 531 g/mol. The summed E-state index contributed by atoms with van der Waals surface area (Å²) in [6, 6.07) is 2.69. The molecule has 3 amide bonds. The summed E-state index contributed by atoms with van der Waals surface area (Å²) in [5.41, 5.74) is 0.0800. The molecule has 0 fully saturated rings. The van der Waals surface area contributed by atoms with E-state index in [-0.39, 0.29) is 11.8 Å². The highest BCUT2D eigenvalue weighted by molar-refractivity contribution is 6.39. The number of hydrogen-bond donors (Lipinski definition) is 4. The maximum atomic E-state index is 13.7. The molecule has 2 aromatic carbocycles. The Kier molecular flexibility index (Phi) is 10.0. The molecule has 0 aromatic heterocycles. The number of halogens is 5. The Labute approximate surface area is 204 Å². The van der Waals surface area contributed by atoms with Gasteiger partial charge >= 0.3 is 17.8 Å². The highest BCUT2D eigenvalue weighted by Crippen LogP contribution is 2.26. The van der Waals surface area contributed by atoms with Crippen LogP contribution in [-0.4, -0.2) is 53.8 Å². The quantitative estimate of drug-likeness (QED) is 0.195. The second-order valence-corrected chi connectivity index (χ2v) is 7.25. The van der Waals surface area contributed by atoms with E-state index in [0.717, 1.165) is 12.1 Å². The zero-order valence-electron chi connectivity index (χ0n) is 18.6. The fourth-order valence-corrected chi connectivity index (χ4v) is 2.71. The Bertz CT molecular complexity index is 1180. The van der Waals surface area contributed by atoms with Crippen molar-refractivity contribution in [2.75, 3.05) is 18.5 Å². The van der Waals surface area contributed by atoms with E-state index in [1.165, 1.54) is 12.1 Å². The van der Waals surface area contributed by atoms with E-state index in [0.29, 0.717) is 0 Å². The van der Waals surface area contributed by atoms with Gasteiger partial charge in [-0.25, -0.2) is 13.2 Å². The summed E-state index contributed by atoms with van der Waals surface area (Å²) in [7, 11) is 0. The number of aliphatic carboxylic acids is 1. The first-order chi connectivity index (χ1) is 17.4. The van der Waals surface area contributed by atoms with Crippen LogP contribution < -0.4 is 20.7 Å². The normalized spacial score (nSPS) is 11.3. The van der Waals surface area contributed by atoms with Crippen LogP contribution in [0.15, 0.2) is 30.3 Å². The summed E-state index contributed by atoms with van der Waals surface area (Å²) in [6.45, 7) is -2.07. The summed E-state index contributed by atoms with van der Waals surface area (Å²) in [5.74, 6) is -15.6. The monoisotopic (exact) mass is 531 g/mol. The number of rotatable bonds is 11. The maximum absolute atomic E-state index is 13.7. The van der Waals surface area contributed by atoms with Gasteiger partial charge in [-0.15, -0.1) is 0 Å². The first-order valence-electron chi connectivity index (χ1n) is 10.2. The minimum absolute atomic E-state index is 0.0799. The molecule has 0 heterocycles. The molecule has 1 unspecified atom stereocenters. The molecule has 0 aliphatic heterocycles. The highest BCUT2D eigenvalue weighted by atomic mass is 19.2. The van der Waals surface area contributed by atoms with Gasteiger partial charge in [-0.2, -0.15) is 8.78 Å². The SMILES string of the molecule is O=C(O)CCC(NC(=O)CNC(=O)C(=O)Nc1ccc(F)cc1)C(=O)COc1c(F)c(F)cc(F)c1F. The number of benzene rings is 2. The van der Waals surface area contributed by atoms with Gasteiger partial charge in [0.1, 0.15) is 12.4 Å². The summed E-state index contributed by atoms with van der Waals surface area (Å²) in [5, 5.41) is 15.0. The van der Waals surface area contributed by atoms with Gasteiger partial charge in [-0.05, 0) is 30.7 Å². The van der Waals surface area contributed by atoms with Crippen molar-refractivity contribution in [3.8, 4) is 5.75 Å². The number of carboxylic acid groups (broad SMARTS) is 1. The van der Waals surface area contributed by atoms with Gasteiger partial charge in [0, 0.05) is 18.2 Å². The fraction of sp³-hybridized carbons (Fsp3) is 0.227. The molecular formula is C22H18F5N3O7. The molecule has 4 N–H and O–H groups in total. The fourth-order valence-electron chi connectivity index (χ4n) is 2.71. The number of anilines is 1. The number of carboxylic acids is 1. The number of hydrogen-bond acceptors (Lipinski definition) is 6. The third-order valence-corrected chi connectivity index (χ3v) is 4.52. The summed E-state index contributed by atoms with van der Waals surface area (Å²) < 4.78 is 71.4. The van der Waals surface area contributed by atoms with Gasteiger partial charge in [-0.1, -0.05) is 0 Å². The van der Waals surface area contributed by atoms with Crippen LogP contribution in [0.4, 0.5) is 27.6 Å². The van der Waals surface area contributed by atoms with Crippen molar-refractivity contribution >= 4 is 35.2 Å². The smallest absolute Gasteiger partial charge is 0.313 e. The first kappa shape index (κ1) is 28.7. The van der Waals surface area contributed by atoms with E-state index < -0.39 is 96.3 Å². The zero-order chi connectivity index (χ0) is 27.7. The minimum atomic E-state index is -1.92. The lowest BCUT2D eigenvalue weighted by Crippen LogP contribution is -2.48. The highest BCUT2D eigenvalue weighted by Gasteiger charge is 2.26. The van der Waals surface area contributed by atoms with Crippen LogP contribution in [0.3, 0.4) is 0 Å². The molecule has 2 aromatic rings. The number of carbonyl (C=O) groups excluding carboxylic acids is 4. The van der Waals surface area contributed by atoms with E-state index >= 15 is 0 Å². The van der Waals surface area contributed by atoms with E-state index in [1.807, 2.05) is 5.32 Å². The topological polar surface area (TPSA) is 151 Å². The first-order valence-corrected chi connectivity index (χ1v) is 10.2. The Morgan fingerprint density at radius 3 is 2.05 bits per heavy atom. The van der Waals surface area contributed by atoms with E-state index in [1.54, 1.807) is 0 Å². The molecule has 37 heavy (non-hydrogen) atoms. The number of nitrogens with one attached hydrogen (secondary N) is 3. The Morgan fingerprint density at radius 2 is 1.49 bits per heavy atom. The Hall–Kier alpha value is -4.56.